The number of thiophene rings is 1. The lowest BCUT2D eigenvalue weighted by atomic mass is 9.87. The highest BCUT2D eigenvalue weighted by Crippen LogP contribution is 2.19. The van der Waals surface area contributed by atoms with Gasteiger partial charge in [0.1, 0.15) is 0 Å². The van der Waals surface area contributed by atoms with E-state index in [1.165, 1.54) is 7.76 Å². The van der Waals surface area contributed by atoms with Crippen molar-refractivity contribution in [3.8, 4) is 0 Å². The van der Waals surface area contributed by atoms with Crippen LogP contribution in [-0.4, -0.2) is 18.5 Å². The molecule has 0 aliphatic carbocycles. The van der Waals surface area contributed by atoms with E-state index in [2.05, 4.69) is 40.0 Å². The lowest BCUT2D eigenvalue weighted by Gasteiger charge is -2.25. The molecule has 0 spiro atoms. The first kappa shape index (κ1) is 14.9. The van der Waals surface area contributed by atoms with Gasteiger partial charge in [0.2, 0.25) is 5.91 Å². The van der Waals surface area contributed by atoms with Gasteiger partial charge in [-0.15, -0.1) is 11.3 Å². The van der Waals surface area contributed by atoms with Gasteiger partial charge in [-0.2, -0.15) is 0 Å². The van der Waals surface area contributed by atoms with Gasteiger partial charge < -0.3 is 11.1 Å². The average Bonchev–Trinajstić information content (AvgIpc) is 2.61. The van der Waals surface area contributed by atoms with Crippen molar-refractivity contribution in [2.45, 2.75) is 33.2 Å². The molecular weight excluding hydrogens is 347 g/mol. The summed E-state index contributed by atoms with van der Waals surface area (Å²) in [5, 5.41) is 2.89. The summed E-state index contributed by atoms with van der Waals surface area (Å²) in [6.07, 6.45) is 0.871. The van der Waals surface area contributed by atoms with Crippen molar-refractivity contribution in [2.24, 2.45) is 11.1 Å². The second-order valence-corrected chi connectivity index (χ2v) is 8.15. The molecule has 3 N–H and O–H groups in total. The maximum Gasteiger partial charge on any atom is 0.237 e. The molecule has 0 saturated carbocycles. The van der Waals surface area contributed by atoms with E-state index in [-0.39, 0.29) is 11.3 Å². The maximum atomic E-state index is 11.8. The van der Waals surface area contributed by atoms with Crippen LogP contribution in [0.4, 0.5) is 0 Å². The Balaban J connectivity index is 2.34. The number of rotatable bonds is 4. The SMILES string of the molecule is CC(C)(C)[C@H](N)C(=O)NCCc1ccc(I)s1. The molecule has 96 valence electrons. The molecule has 1 amide bonds. The van der Waals surface area contributed by atoms with Crippen molar-refractivity contribution in [2.75, 3.05) is 6.54 Å². The van der Waals surface area contributed by atoms with Crippen molar-refractivity contribution in [3.63, 3.8) is 0 Å². The molecule has 1 atom stereocenters. The summed E-state index contributed by atoms with van der Waals surface area (Å²) in [5.74, 6) is -0.0660. The molecule has 0 radical (unpaired) electrons. The van der Waals surface area contributed by atoms with Crippen LogP contribution >= 0.6 is 33.9 Å². The van der Waals surface area contributed by atoms with E-state index in [9.17, 15) is 4.79 Å². The third-order valence-electron chi connectivity index (χ3n) is 2.51. The fourth-order valence-electron chi connectivity index (χ4n) is 1.30. The first-order valence-electron chi connectivity index (χ1n) is 5.58. The van der Waals surface area contributed by atoms with Crippen LogP contribution in [0.15, 0.2) is 12.1 Å². The van der Waals surface area contributed by atoms with E-state index in [0.29, 0.717) is 6.54 Å². The predicted octanol–water partition coefficient (Wildman–Crippen LogP) is 2.38. The molecule has 3 nitrogen and oxygen atoms in total. The minimum Gasteiger partial charge on any atom is -0.354 e. The van der Waals surface area contributed by atoms with Gasteiger partial charge in [0.05, 0.1) is 8.93 Å². The highest BCUT2D eigenvalue weighted by Gasteiger charge is 2.26. The van der Waals surface area contributed by atoms with Crippen molar-refractivity contribution >= 4 is 39.8 Å². The number of nitrogens with two attached hydrogens (primary N) is 1. The average molecular weight is 366 g/mol. The Morgan fingerprint density at radius 1 is 1.53 bits per heavy atom. The molecule has 0 unspecified atom stereocenters. The second kappa shape index (κ2) is 6.15. The fraction of sp³-hybridized carbons (Fsp3) is 0.583. The number of carbonyl (C=O) groups is 1. The minimum absolute atomic E-state index is 0.0660. The van der Waals surface area contributed by atoms with Crippen LogP contribution in [0.1, 0.15) is 25.6 Å². The van der Waals surface area contributed by atoms with Gasteiger partial charge in [-0.25, -0.2) is 0 Å². The van der Waals surface area contributed by atoms with E-state index in [4.69, 9.17) is 5.73 Å². The van der Waals surface area contributed by atoms with Crippen molar-refractivity contribution in [1.29, 1.82) is 0 Å². The van der Waals surface area contributed by atoms with Gasteiger partial charge in [-0.1, -0.05) is 20.8 Å². The summed E-state index contributed by atoms with van der Waals surface area (Å²) in [7, 11) is 0. The zero-order valence-electron chi connectivity index (χ0n) is 10.4. The highest BCUT2D eigenvalue weighted by atomic mass is 127. The number of nitrogens with one attached hydrogen (secondary N) is 1. The lowest BCUT2D eigenvalue weighted by Crippen LogP contribution is -2.48. The topological polar surface area (TPSA) is 55.1 Å². The standard InChI is InChI=1S/C12H19IN2OS/c1-12(2,3)10(14)11(16)15-7-6-8-4-5-9(13)17-8/h4-5,10H,6-7,14H2,1-3H3,(H,15,16)/t10-/m1/s1. The van der Waals surface area contributed by atoms with Crippen LogP contribution < -0.4 is 11.1 Å². The Morgan fingerprint density at radius 2 is 2.18 bits per heavy atom. The van der Waals surface area contributed by atoms with Crippen molar-refractivity contribution in [3.05, 3.63) is 19.9 Å². The summed E-state index contributed by atoms with van der Waals surface area (Å²) < 4.78 is 1.27. The molecule has 5 heteroatoms. The summed E-state index contributed by atoms with van der Waals surface area (Å²) >= 11 is 4.06. The Hall–Kier alpha value is -0.140. The normalized spacial score (nSPS) is 13.5. The molecule has 0 bridgehead atoms. The maximum absolute atomic E-state index is 11.8. The lowest BCUT2D eigenvalue weighted by molar-refractivity contribution is -0.124. The van der Waals surface area contributed by atoms with E-state index in [0.717, 1.165) is 6.42 Å². The number of hydrogen-bond acceptors (Lipinski definition) is 3. The monoisotopic (exact) mass is 366 g/mol. The first-order chi connectivity index (χ1) is 7.80. The van der Waals surface area contributed by atoms with E-state index in [1.54, 1.807) is 11.3 Å². The zero-order chi connectivity index (χ0) is 13.1. The van der Waals surface area contributed by atoms with Gasteiger partial charge >= 0.3 is 0 Å². The van der Waals surface area contributed by atoms with Gasteiger partial charge in [0, 0.05) is 11.4 Å². The van der Waals surface area contributed by atoms with Gasteiger partial charge in [-0.3, -0.25) is 4.79 Å². The Labute approximate surface area is 120 Å². The summed E-state index contributed by atoms with van der Waals surface area (Å²) in [4.78, 5) is 13.0. The van der Waals surface area contributed by atoms with Crippen LogP contribution in [0.25, 0.3) is 0 Å². The van der Waals surface area contributed by atoms with Crippen molar-refractivity contribution in [1.82, 2.24) is 5.32 Å². The molecule has 0 fully saturated rings. The smallest absolute Gasteiger partial charge is 0.237 e. The van der Waals surface area contributed by atoms with Crippen LogP contribution in [0.3, 0.4) is 0 Å². The van der Waals surface area contributed by atoms with E-state index < -0.39 is 6.04 Å². The van der Waals surface area contributed by atoms with Crippen molar-refractivity contribution < 1.29 is 4.79 Å². The van der Waals surface area contributed by atoms with E-state index >= 15 is 0 Å². The second-order valence-electron chi connectivity index (χ2n) is 5.09. The first-order valence-corrected chi connectivity index (χ1v) is 7.48. The van der Waals surface area contributed by atoms with Crippen LogP contribution in [0, 0.1) is 8.30 Å². The third kappa shape index (κ3) is 4.93. The number of halogens is 1. The Kier molecular flexibility index (Phi) is 5.40. The highest BCUT2D eigenvalue weighted by molar-refractivity contribution is 14.1. The number of carbonyl (C=O) groups excluding carboxylic acids is 1. The Bertz CT molecular complexity index is 384. The van der Waals surface area contributed by atoms with Crippen LogP contribution in [-0.2, 0) is 11.2 Å². The van der Waals surface area contributed by atoms with Gasteiger partial charge in [0.15, 0.2) is 0 Å². The van der Waals surface area contributed by atoms with Gasteiger partial charge in [-0.05, 0) is 46.6 Å². The zero-order valence-corrected chi connectivity index (χ0v) is 13.4. The molecule has 0 saturated heterocycles. The predicted molar refractivity (Wildman–Crippen MR) is 81.2 cm³/mol. The van der Waals surface area contributed by atoms with Crippen LogP contribution in [0.5, 0.6) is 0 Å². The number of amides is 1. The molecule has 0 aromatic carbocycles. The van der Waals surface area contributed by atoms with E-state index in [1.807, 2.05) is 20.8 Å². The molecule has 1 heterocycles. The molecular formula is C12H19IN2OS. The summed E-state index contributed by atoms with van der Waals surface area (Å²) in [5.41, 5.74) is 5.68. The van der Waals surface area contributed by atoms with Crippen LogP contribution in [0.2, 0.25) is 0 Å². The minimum atomic E-state index is -0.453. The molecule has 1 rings (SSSR count). The molecule has 0 aliphatic heterocycles. The summed E-state index contributed by atoms with van der Waals surface area (Å²) in [6.45, 7) is 6.57. The van der Waals surface area contributed by atoms with Gasteiger partial charge in [0.25, 0.3) is 0 Å². The number of hydrogen-bond donors (Lipinski definition) is 2. The molecule has 17 heavy (non-hydrogen) atoms. The Morgan fingerprint density at radius 3 is 2.65 bits per heavy atom. The quantitative estimate of drug-likeness (QED) is 0.804. The summed E-state index contributed by atoms with van der Waals surface area (Å²) in [6, 6.07) is 3.73. The molecule has 0 aliphatic rings. The molecule has 1 aromatic heterocycles. The third-order valence-corrected chi connectivity index (χ3v) is 4.47. The largest absolute Gasteiger partial charge is 0.354 e. The molecule has 1 aromatic rings. The fourth-order valence-corrected chi connectivity index (χ4v) is 3.05.